The van der Waals surface area contributed by atoms with E-state index < -0.39 is 10.0 Å². The third-order valence-electron chi connectivity index (χ3n) is 2.46. The normalized spacial score (nSPS) is 25.2. The molecule has 0 bridgehead atoms. The van der Waals surface area contributed by atoms with Crippen molar-refractivity contribution in [2.45, 2.75) is 26.3 Å². The van der Waals surface area contributed by atoms with Gasteiger partial charge in [0.15, 0.2) is 0 Å². The van der Waals surface area contributed by atoms with E-state index in [1.54, 1.807) is 0 Å². The van der Waals surface area contributed by atoms with Gasteiger partial charge >= 0.3 is 0 Å². The number of aliphatic hydroxyl groups is 1. The summed E-state index contributed by atoms with van der Waals surface area (Å²) in [5, 5.41) is 9.08. The molecule has 0 saturated carbocycles. The lowest BCUT2D eigenvalue weighted by molar-refractivity contribution is 0.158. The van der Waals surface area contributed by atoms with E-state index >= 15 is 0 Å². The summed E-state index contributed by atoms with van der Waals surface area (Å²) in [6.07, 6.45) is 0.686. The third kappa shape index (κ3) is 2.21. The number of nitrogens with zero attached hydrogens (tertiary/aromatic N) is 1. The highest BCUT2D eigenvalue weighted by Crippen LogP contribution is 2.21. The summed E-state index contributed by atoms with van der Waals surface area (Å²) in [4.78, 5) is 0. The van der Waals surface area contributed by atoms with Gasteiger partial charge < -0.3 is 5.11 Å². The van der Waals surface area contributed by atoms with Gasteiger partial charge in [0.2, 0.25) is 10.0 Å². The molecule has 78 valence electrons. The maximum Gasteiger partial charge on any atom is 0.214 e. The Hall–Kier alpha value is -0.130. The van der Waals surface area contributed by atoms with Gasteiger partial charge in [-0.2, -0.15) is 4.31 Å². The molecule has 0 aliphatic carbocycles. The Morgan fingerprint density at radius 2 is 2.08 bits per heavy atom. The fourth-order valence-corrected chi connectivity index (χ4v) is 3.52. The van der Waals surface area contributed by atoms with E-state index in [4.69, 9.17) is 5.11 Å². The SMILES string of the molecule is CC(C)C(CO)N1CCCS1(=O)=O. The molecule has 13 heavy (non-hydrogen) atoms. The van der Waals surface area contributed by atoms with Crippen LogP contribution < -0.4 is 0 Å². The first kappa shape index (κ1) is 10.9. The summed E-state index contributed by atoms with van der Waals surface area (Å²) < 4.78 is 24.4. The van der Waals surface area contributed by atoms with Gasteiger partial charge in [0.25, 0.3) is 0 Å². The van der Waals surface area contributed by atoms with Gasteiger partial charge in [-0.1, -0.05) is 13.8 Å². The summed E-state index contributed by atoms with van der Waals surface area (Å²) in [5.74, 6) is 0.397. The largest absolute Gasteiger partial charge is 0.395 e. The van der Waals surface area contributed by atoms with Crippen LogP contribution in [0.25, 0.3) is 0 Å². The zero-order valence-electron chi connectivity index (χ0n) is 8.10. The lowest BCUT2D eigenvalue weighted by Crippen LogP contribution is -2.42. The quantitative estimate of drug-likeness (QED) is 0.711. The second kappa shape index (κ2) is 3.94. The molecule has 0 aromatic rings. The Morgan fingerprint density at radius 1 is 1.46 bits per heavy atom. The van der Waals surface area contributed by atoms with Gasteiger partial charge in [-0.3, -0.25) is 0 Å². The minimum Gasteiger partial charge on any atom is -0.395 e. The molecule has 1 aliphatic rings. The average molecular weight is 207 g/mol. The van der Waals surface area contributed by atoms with E-state index in [9.17, 15) is 8.42 Å². The van der Waals surface area contributed by atoms with Crippen molar-refractivity contribution in [3.05, 3.63) is 0 Å². The lowest BCUT2D eigenvalue weighted by Gasteiger charge is -2.27. The van der Waals surface area contributed by atoms with Crippen LogP contribution in [0.5, 0.6) is 0 Å². The topological polar surface area (TPSA) is 57.6 Å². The van der Waals surface area contributed by atoms with Crippen LogP contribution in [0.2, 0.25) is 0 Å². The second-order valence-corrected chi connectivity index (χ2v) is 5.82. The molecular formula is C8H17NO3S. The van der Waals surface area contributed by atoms with E-state index in [1.165, 1.54) is 4.31 Å². The summed E-state index contributed by atoms with van der Waals surface area (Å²) in [5.41, 5.74) is 0. The van der Waals surface area contributed by atoms with Gasteiger partial charge in [-0.15, -0.1) is 0 Å². The molecule has 1 saturated heterocycles. The Labute approximate surface area is 79.6 Å². The molecule has 5 heteroatoms. The van der Waals surface area contributed by atoms with E-state index in [0.29, 0.717) is 13.0 Å². The predicted molar refractivity (Wildman–Crippen MR) is 50.8 cm³/mol. The first-order valence-corrected chi connectivity index (χ1v) is 6.20. The van der Waals surface area contributed by atoms with Crippen LogP contribution in [0.3, 0.4) is 0 Å². The molecule has 0 aromatic carbocycles. The van der Waals surface area contributed by atoms with E-state index in [0.717, 1.165) is 0 Å². The monoisotopic (exact) mass is 207 g/mol. The fraction of sp³-hybridized carbons (Fsp3) is 1.00. The van der Waals surface area contributed by atoms with Crippen molar-refractivity contribution in [2.24, 2.45) is 5.92 Å². The van der Waals surface area contributed by atoms with Crippen molar-refractivity contribution in [1.82, 2.24) is 4.31 Å². The Morgan fingerprint density at radius 3 is 2.38 bits per heavy atom. The van der Waals surface area contributed by atoms with Crippen molar-refractivity contribution in [1.29, 1.82) is 0 Å². The minimum absolute atomic E-state index is 0.0864. The molecule has 1 N–H and O–H groups in total. The van der Waals surface area contributed by atoms with Crippen LogP contribution in [-0.2, 0) is 10.0 Å². The standard InChI is InChI=1S/C8H17NO3S/c1-7(2)8(6-10)9-4-3-5-13(9,11)12/h7-8,10H,3-6H2,1-2H3. The first-order chi connectivity index (χ1) is 5.99. The number of aliphatic hydroxyl groups excluding tert-OH is 1. The van der Waals surface area contributed by atoms with Crippen LogP contribution >= 0.6 is 0 Å². The highest BCUT2D eigenvalue weighted by molar-refractivity contribution is 7.89. The zero-order chi connectivity index (χ0) is 10.1. The predicted octanol–water partition coefficient (Wildman–Crippen LogP) is 0.0388. The maximum atomic E-state index is 11.5. The van der Waals surface area contributed by atoms with Crippen molar-refractivity contribution in [3.63, 3.8) is 0 Å². The minimum atomic E-state index is -3.07. The molecule has 0 aromatic heterocycles. The smallest absolute Gasteiger partial charge is 0.214 e. The highest BCUT2D eigenvalue weighted by atomic mass is 32.2. The van der Waals surface area contributed by atoms with Crippen LogP contribution in [0.1, 0.15) is 20.3 Å². The molecule has 1 fully saturated rings. The van der Waals surface area contributed by atoms with Gasteiger partial charge in [0.05, 0.1) is 18.4 Å². The van der Waals surface area contributed by atoms with Crippen LogP contribution in [-0.4, -0.2) is 42.8 Å². The van der Waals surface area contributed by atoms with Gasteiger partial charge in [0.1, 0.15) is 0 Å². The van der Waals surface area contributed by atoms with Crippen molar-refractivity contribution in [2.75, 3.05) is 18.9 Å². The summed E-state index contributed by atoms with van der Waals surface area (Å²) >= 11 is 0. The van der Waals surface area contributed by atoms with E-state index in [2.05, 4.69) is 0 Å². The van der Waals surface area contributed by atoms with Crippen molar-refractivity contribution < 1.29 is 13.5 Å². The maximum absolute atomic E-state index is 11.5. The first-order valence-electron chi connectivity index (χ1n) is 4.59. The van der Waals surface area contributed by atoms with Gasteiger partial charge in [-0.05, 0) is 12.3 Å². The number of hydrogen-bond acceptors (Lipinski definition) is 3. The highest BCUT2D eigenvalue weighted by Gasteiger charge is 2.35. The zero-order valence-corrected chi connectivity index (χ0v) is 8.92. The Balaban J connectivity index is 2.80. The second-order valence-electron chi connectivity index (χ2n) is 3.77. The van der Waals surface area contributed by atoms with Crippen molar-refractivity contribution >= 4 is 10.0 Å². The molecular weight excluding hydrogens is 190 g/mol. The van der Waals surface area contributed by atoms with E-state index in [-0.39, 0.29) is 24.3 Å². The summed E-state index contributed by atoms with van der Waals surface area (Å²) in [7, 11) is -3.07. The number of hydrogen-bond donors (Lipinski definition) is 1. The van der Waals surface area contributed by atoms with E-state index in [1.807, 2.05) is 13.8 Å². The van der Waals surface area contributed by atoms with Crippen LogP contribution in [0.15, 0.2) is 0 Å². The molecule has 0 radical (unpaired) electrons. The third-order valence-corrected chi connectivity index (χ3v) is 4.44. The van der Waals surface area contributed by atoms with Crippen LogP contribution in [0, 0.1) is 5.92 Å². The molecule has 1 unspecified atom stereocenters. The van der Waals surface area contributed by atoms with Gasteiger partial charge in [0, 0.05) is 6.54 Å². The Kier molecular flexibility index (Phi) is 3.32. The average Bonchev–Trinajstić information content (AvgIpc) is 2.32. The molecule has 0 amide bonds. The van der Waals surface area contributed by atoms with Crippen molar-refractivity contribution in [3.8, 4) is 0 Å². The molecule has 1 rings (SSSR count). The molecule has 1 heterocycles. The molecule has 1 aliphatic heterocycles. The lowest BCUT2D eigenvalue weighted by atomic mass is 10.1. The Bertz CT molecular complexity index is 261. The number of rotatable bonds is 3. The van der Waals surface area contributed by atoms with Gasteiger partial charge in [-0.25, -0.2) is 8.42 Å². The fourth-order valence-electron chi connectivity index (χ4n) is 1.67. The number of sulfonamides is 1. The molecule has 0 spiro atoms. The molecule has 4 nitrogen and oxygen atoms in total. The summed E-state index contributed by atoms with van der Waals surface area (Å²) in [6.45, 7) is 4.33. The molecule has 1 atom stereocenters. The van der Waals surface area contributed by atoms with Crippen LogP contribution in [0.4, 0.5) is 0 Å². The summed E-state index contributed by atoms with van der Waals surface area (Å²) in [6, 6.07) is -0.243.